The SMILES string of the molecule is C=Cc1cccc(-c2ccc(C3C#CCCn4c(nc5ccccc54)C4C(=CC=C5C#CC=CC54)C(=C)C=C3)cc2)c1/C=C\C. The molecule has 1 aliphatic heterocycles. The van der Waals surface area contributed by atoms with Crippen LogP contribution in [0.1, 0.15) is 47.7 Å². The van der Waals surface area contributed by atoms with Gasteiger partial charge < -0.3 is 4.57 Å². The lowest BCUT2D eigenvalue weighted by Crippen LogP contribution is -2.23. The molecule has 0 fully saturated rings. The van der Waals surface area contributed by atoms with Crippen molar-refractivity contribution in [3.63, 3.8) is 0 Å². The first kappa shape index (κ1) is 28.2. The van der Waals surface area contributed by atoms with Gasteiger partial charge in [-0.1, -0.05) is 128 Å². The molecule has 0 bridgehead atoms. The number of para-hydroxylation sites is 2. The summed E-state index contributed by atoms with van der Waals surface area (Å²) in [7, 11) is 0. The van der Waals surface area contributed by atoms with Crippen molar-refractivity contribution in [3.8, 4) is 34.8 Å². The van der Waals surface area contributed by atoms with Crippen LogP contribution in [0.3, 0.4) is 0 Å². The van der Waals surface area contributed by atoms with Crippen molar-refractivity contribution in [1.82, 2.24) is 9.55 Å². The van der Waals surface area contributed by atoms with Gasteiger partial charge >= 0.3 is 0 Å². The summed E-state index contributed by atoms with van der Waals surface area (Å²) in [6.45, 7) is 11.4. The van der Waals surface area contributed by atoms with E-state index in [2.05, 4.69) is 151 Å². The Morgan fingerprint density at radius 1 is 0.978 bits per heavy atom. The molecule has 0 amide bonds. The maximum atomic E-state index is 5.21. The Balaban J connectivity index is 1.29. The van der Waals surface area contributed by atoms with Crippen LogP contribution >= 0.6 is 0 Å². The average molecular weight is 579 g/mol. The summed E-state index contributed by atoms with van der Waals surface area (Å²) in [5.74, 6) is 14.7. The number of rotatable bonds is 4. The van der Waals surface area contributed by atoms with Crippen molar-refractivity contribution in [3.05, 3.63) is 162 Å². The summed E-state index contributed by atoms with van der Waals surface area (Å²) in [6, 6.07) is 23.6. The molecule has 3 aliphatic rings. The summed E-state index contributed by atoms with van der Waals surface area (Å²) in [4.78, 5) is 5.21. The molecule has 3 atom stereocenters. The summed E-state index contributed by atoms with van der Waals surface area (Å²) in [6.07, 6.45) is 19.8. The fourth-order valence-corrected chi connectivity index (χ4v) is 6.69. The summed E-state index contributed by atoms with van der Waals surface area (Å²) in [5.41, 5.74) is 11.3. The number of imidazole rings is 1. The molecule has 216 valence electrons. The minimum absolute atomic E-state index is 0.0169. The van der Waals surface area contributed by atoms with Gasteiger partial charge in [-0.05, 0) is 70.2 Å². The van der Waals surface area contributed by atoms with E-state index in [1.807, 2.05) is 19.1 Å². The molecule has 45 heavy (non-hydrogen) atoms. The van der Waals surface area contributed by atoms with E-state index < -0.39 is 0 Å². The molecular weight excluding hydrogens is 544 g/mol. The molecule has 0 radical (unpaired) electrons. The Morgan fingerprint density at radius 2 is 1.84 bits per heavy atom. The van der Waals surface area contributed by atoms with E-state index in [9.17, 15) is 0 Å². The molecule has 1 aromatic heterocycles. The lowest BCUT2D eigenvalue weighted by Gasteiger charge is -2.31. The van der Waals surface area contributed by atoms with E-state index in [0.29, 0.717) is 0 Å². The molecule has 4 aromatic rings. The average Bonchev–Trinajstić information content (AvgIpc) is 3.45. The van der Waals surface area contributed by atoms with Gasteiger partial charge in [-0.2, -0.15) is 0 Å². The van der Waals surface area contributed by atoms with E-state index in [0.717, 1.165) is 52.1 Å². The molecule has 0 N–H and O–H groups in total. The summed E-state index contributed by atoms with van der Waals surface area (Å²) >= 11 is 0. The van der Waals surface area contributed by atoms with Crippen molar-refractivity contribution in [2.45, 2.75) is 31.7 Å². The number of aromatic nitrogens is 2. The topological polar surface area (TPSA) is 17.8 Å². The molecule has 0 saturated carbocycles. The zero-order chi connectivity index (χ0) is 30.8. The van der Waals surface area contributed by atoms with Gasteiger partial charge in [0.05, 0.1) is 22.9 Å². The highest BCUT2D eigenvalue weighted by molar-refractivity contribution is 5.81. The van der Waals surface area contributed by atoms with Crippen LogP contribution in [-0.4, -0.2) is 9.55 Å². The normalized spacial score (nSPS) is 20.3. The van der Waals surface area contributed by atoms with E-state index in [-0.39, 0.29) is 17.8 Å². The Bertz CT molecular complexity index is 2120. The van der Waals surface area contributed by atoms with Crippen LogP contribution in [0.15, 0.2) is 139 Å². The Hall–Kier alpha value is -5.57. The highest BCUT2D eigenvalue weighted by Gasteiger charge is 2.35. The van der Waals surface area contributed by atoms with Gasteiger partial charge in [0.25, 0.3) is 0 Å². The number of nitrogens with zero attached hydrogens (tertiary/aromatic N) is 2. The monoisotopic (exact) mass is 578 g/mol. The van der Waals surface area contributed by atoms with E-state index in [1.54, 1.807) is 0 Å². The third kappa shape index (κ3) is 5.26. The van der Waals surface area contributed by atoms with Gasteiger partial charge in [-0.25, -0.2) is 4.98 Å². The number of aryl methyl sites for hydroxylation is 1. The van der Waals surface area contributed by atoms with Crippen LogP contribution < -0.4 is 0 Å². The zero-order valence-corrected chi connectivity index (χ0v) is 25.5. The van der Waals surface area contributed by atoms with Crippen molar-refractivity contribution in [2.24, 2.45) is 5.92 Å². The highest BCUT2D eigenvalue weighted by atomic mass is 15.1. The number of hydrogen-bond acceptors (Lipinski definition) is 1. The van der Waals surface area contributed by atoms with Crippen LogP contribution in [0.4, 0.5) is 0 Å². The second kappa shape index (κ2) is 12.2. The molecule has 0 spiro atoms. The minimum atomic E-state index is -0.0575. The van der Waals surface area contributed by atoms with Crippen LogP contribution in [0.2, 0.25) is 0 Å². The summed E-state index contributed by atoms with van der Waals surface area (Å²) in [5, 5.41) is 0. The maximum absolute atomic E-state index is 5.21. The second-order valence-electron chi connectivity index (χ2n) is 11.6. The Morgan fingerprint density at radius 3 is 2.69 bits per heavy atom. The number of fused-ring (bicyclic) bond motifs is 7. The van der Waals surface area contributed by atoms with E-state index in [1.165, 1.54) is 22.3 Å². The zero-order valence-electron chi connectivity index (χ0n) is 25.5. The van der Waals surface area contributed by atoms with Crippen LogP contribution in [0.5, 0.6) is 0 Å². The van der Waals surface area contributed by atoms with Gasteiger partial charge in [0.15, 0.2) is 0 Å². The minimum Gasteiger partial charge on any atom is -0.326 e. The molecule has 0 saturated heterocycles. The third-order valence-corrected chi connectivity index (χ3v) is 8.91. The number of benzene rings is 3. The van der Waals surface area contributed by atoms with Gasteiger partial charge in [-0.15, -0.1) is 5.92 Å². The molecule has 2 heteroatoms. The van der Waals surface area contributed by atoms with Crippen LogP contribution in [-0.2, 0) is 6.54 Å². The predicted octanol–water partition coefficient (Wildman–Crippen LogP) is 9.82. The van der Waals surface area contributed by atoms with E-state index >= 15 is 0 Å². The molecule has 2 heterocycles. The fraction of sp³-hybridized carbons (Fsp3) is 0.140. The first-order valence-electron chi connectivity index (χ1n) is 15.6. The molecule has 7 rings (SSSR count). The third-order valence-electron chi connectivity index (χ3n) is 8.91. The first-order chi connectivity index (χ1) is 22.2. The predicted molar refractivity (Wildman–Crippen MR) is 189 cm³/mol. The van der Waals surface area contributed by atoms with Gasteiger partial charge in [0.2, 0.25) is 0 Å². The highest BCUT2D eigenvalue weighted by Crippen LogP contribution is 2.44. The largest absolute Gasteiger partial charge is 0.326 e. The first-order valence-corrected chi connectivity index (χ1v) is 15.6. The molecule has 3 aromatic carbocycles. The van der Waals surface area contributed by atoms with Crippen LogP contribution in [0, 0.1) is 29.6 Å². The molecular formula is C43H34N2. The Kier molecular flexibility index (Phi) is 7.65. The number of allylic oxidation sites excluding steroid dienone is 10. The fourth-order valence-electron chi connectivity index (χ4n) is 6.69. The second-order valence-corrected chi connectivity index (χ2v) is 11.6. The maximum Gasteiger partial charge on any atom is 0.118 e. The van der Waals surface area contributed by atoms with Gasteiger partial charge in [0.1, 0.15) is 5.82 Å². The Labute approximate surface area is 266 Å². The van der Waals surface area contributed by atoms with Crippen molar-refractivity contribution in [2.75, 3.05) is 0 Å². The molecule has 2 aliphatic carbocycles. The van der Waals surface area contributed by atoms with Gasteiger partial charge in [0, 0.05) is 24.5 Å². The van der Waals surface area contributed by atoms with Crippen molar-refractivity contribution >= 4 is 23.2 Å². The van der Waals surface area contributed by atoms with Crippen LogP contribution in [0.25, 0.3) is 34.3 Å². The van der Waals surface area contributed by atoms with E-state index in [4.69, 9.17) is 4.98 Å². The molecule has 2 nitrogen and oxygen atoms in total. The lowest BCUT2D eigenvalue weighted by molar-refractivity contribution is 0.568. The van der Waals surface area contributed by atoms with Crippen molar-refractivity contribution < 1.29 is 0 Å². The summed E-state index contributed by atoms with van der Waals surface area (Å²) < 4.78 is 2.36. The standard InChI is InChI=1S/C43H34N2/c1-4-13-37-31(5-2)16-12-18-38(37)35-25-23-33(24-26-35)32-14-10-11-29-45-41-20-9-8-19-40(41)44-43(45)42-36(30(3)21-22-32)28-27-34-15-6-7-17-39(34)42/h4-5,7-9,12-13,16-28,32,39,42H,2-3,11,29H2,1H3/b13-4-,22-21?. The van der Waals surface area contributed by atoms with Crippen molar-refractivity contribution in [1.29, 1.82) is 0 Å². The lowest BCUT2D eigenvalue weighted by atomic mass is 9.73. The smallest absolute Gasteiger partial charge is 0.118 e. The quantitative estimate of drug-likeness (QED) is 0.220. The van der Waals surface area contributed by atoms with Gasteiger partial charge in [-0.3, -0.25) is 0 Å². The number of hydrogen-bond donors (Lipinski definition) is 0. The molecule has 3 unspecified atom stereocenters.